The molecule has 2 N–H and O–H groups in total. The molecule has 0 bridgehead atoms. The number of carbonyl (C=O) groups is 1. The molecule has 0 unspecified atom stereocenters. The van der Waals surface area contributed by atoms with Crippen molar-refractivity contribution in [3.63, 3.8) is 0 Å². The second-order valence-corrected chi connectivity index (χ2v) is 4.59. The van der Waals surface area contributed by atoms with Gasteiger partial charge in [0, 0.05) is 6.54 Å². The summed E-state index contributed by atoms with van der Waals surface area (Å²) >= 11 is 0. The molecule has 0 aliphatic heterocycles. The third-order valence-electron chi connectivity index (χ3n) is 2.81. The summed E-state index contributed by atoms with van der Waals surface area (Å²) in [5.41, 5.74) is 2.27. The van der Waals surface area contributed by atoms with Crippen molar-refractivity contribution >= 4 is 12.0 Å². The lowest BCUT2D eigenvalue weighted by atomic mass is 10.0. The second-order valence-electron chi connectivity index (χ2n) is 4.59. The molecule has 19 heavy (non-hydrogen) atoms. The van der Waals surface area contributed by atoms with Crippen LogP contribution in [-0.4, -0.2) is 16.1 Å². The molecule has 0 radical (unpaired) electrons. The minimum atomic E-state index is -1.10. The van der Waals surface area contributed by atoms with Crippen LogP contribution in [0, 0.1) is 0 Å². The van der Waals surface area contributed by atoms with Crippen molar-refractivity contribution < 1.29 is 14.3 Å². The quantitative estimate of drug-likeness (QED) is 0.863. The van der Waals surface area contributed by atoms with Crippen LogP contribution in [0.4, 0.5) is 6.01 Å². The molecule has 0 aliphatic rings. The van der Waals surface area contributed by atoms with Crippen LogP contribution in [0.5, 0.6) is 0 Å². The Morgan fingerprint density at radius 3 is 2.58 bits per heavy atom. The topological polar surface area (TPSA) is 75.4 Å². The number of carboxylic acids is 1. The van der Waals surface area contributed by atoms with Crippen molar-refractivity contribution in [2.75, 3.05) is 5.32 Å². The molecule has 1 heterocycles. The predicted molar refractivity (Wildman–Crippen MR) is 71.3 cm³/mol. The standard InChI is InChI=1S/C14H16N2O3/c1-9(2)11-5-3-10(4-6-11)7-15-14-16-12(8-19-14)13(17)18/h3-6,8-9H,7H2,1-2H3,(H,15,16)(H,17,18). The number of rotatable bonds is 5. The fourth-order valence-corrected chi connectivity index (χ4v) is 1.65. The fourth-order valence-electron chi connectivity index (χ4n) is 1.65. The first-order valence-corrected chi connectivity index (χ1v) is 6.08. The lowest BCUT2D eigenvalue weighted by Gasteiger charge is -2.07. The van der Waals surface area contributed by atoms with Gasteiger partial charge in [-0.3, -0.25) is 0 Å². The maximum absolute atomic E-state index is 10.6. The normalized spacial score (nSPS) is 10.7. The van der Waals surface area contributed by atoms with E-state index < -0.39 is 5.97 Å². The minimum absolute atomic E-state index is 0.0994. The zero-order valence-electron chi connectivity index (χ0n) is 10.9. The van der Waals surface area contributed by atoms with Gasteiger partial charge in [-0.1, -0.05) is 38.1 Å². The van der Waals surface area contributed by atoms with Gasteiger partial charge in [0.1, 0.15) is 6.26 Å². The zero-order valence-corrected chi connectivity index (χ0v) is 10.9. The Morgan fingerprint density at radius 1 is 1.37 bits per heavy atom. The number of aromatic nitrogens is 1. The number of hydrogen-bond donors (Lipinski definition) is 2. The molecule has 100 valence electrons. The van der Waals surface area contributed by atoms with Crippen LogP contribution in [0.2, 0.25) is 0 Å². The number of nitrogens with zero attached hydrogens (tertiary/aromatic N) is 1. The van der Waals surface area contributed by atoms with E-state index in [0.717, 1.165) is 11.8 Å². The van der Waals surface area contributed by atoms with Gasteiger partial charge in [0.25, 0.3) is 6.01 Å². The first kappa shape index (κ1) is 13.1. The first-order chi connectivity index (χ1) is 9.06. The van der Waals surface area contributed by atoms with Gasteiger partial charge in [0.15, 0.2) is 5.69 Å². The van der Waals surface area contributed by atoms with Gasteiger partial charge < -0.3 is 14.8 Å². The van der Waals surface area contributed by atoms with E-state index in [-0.39, 0.29) is 11.7 Å². The van der Waals surface area contributed by atoms with Gasteiger partial charge in [0.2, 0.25) is 0 Å². The van der Waals surface area contributed by atoms with Crippen molar-refractivity contribution in [1.29, 1.82) is 0 Å². The predicted octanol–water partition coefficient (Wildman–Crippen LogP) is 3.11. The van der Waals surface area contributed by atoms with Crippen molar-refractivity contribution in [3.8, 4) is 0 Å². The lowest BCUT2D eigenvalue weighted by molar-refractivity contribution is 0.0690. The Hall–Kier alpha value is -2.30. The van der Waals surface area contributed by atoms with Gasteiger partial charge in [-0.05, 0) is 17.0 Å². The van der Waals surface area contributed by atoms with Crippen LogP contribution in [0.1, 0.15) is 41.4 Å². The van der Waals surface area contributed by atoms with E-state index in [1.807, 2.05) is 12.1 Å². The van der Waals surface area contributed by atoms with Gasteiger partial charge in [-0.2, -0.15) is 4.98 Å². The Morgan fingerprint density at radius 2 is 2.05 bits per heavy atom. The number of hydrogen-bond acceptors (Lipinski definition) is 4. The molecule has 0 atom stereocenters. The summed E-state index contributed by atoms with van der Waals surface area (Å²) in [6.07, 6.45) is 1.12. The largest absolute Gasteiger partial charge is 0.476 e. The third kappa shape index (κ3) is 3.34. The summed E-state index contributed by atoms with van der Waals surface area (Å²) in [5, 5.41) is 11.7. The van der Waals surface area contributed by atoms with E-state index in [2.05, 4.69) is 36.3 Å². The van der Waals surface area contributed by atoms with Gasteiger partial charge in [0.05, 0.1) is 0 Å². The van der Waals surface area contributed by atoms with E-state index >= 15 is 0 Å². The highest BCUT2D eigenvalue weighted by Crippen LogP contribution is 2.15. The molecule has 5 heteroatoms. The van der Waals surface area contributed by atoms with Crippen LogP contribution in [0.15, 0.2) is 34.9 Å². The van der Waals surface area contributed by atoms with Crippen LogP contribution < -0.4 is 5.32 Å². The minimum Gasteiger partial charge on any atom is -0.476 e. The molecule has 0 saturated heterocycles. The van der Waals surface area contributed by atoms with Crippen molar-refractivity contribution in [2.45, 2.75) is 26.3 Å². The summed E-state index contributed by atoms with van der Waals surface area (Å²) in [7, 11) is 0. The molecule has 0 fully saturated rings. The maximum atomic E-state index is 10.6. The molecule has 0 amide bonds. The number of benzene rings is 1. The van der Waals surface area contributed by atoms with E-state index in [9.17, 15) is 4.79 Å². The Labute approximate surface area is 111 Å². The van der Waals surface area contributed by atoms with E-state index in [1.165, 1.54) is 5.56 Å². The summed E-state index contributed by atoms with van der Waals surface area (Å²) in [4.78, 5) is 14.4. The smallest absolute Gasteiger partial charge is 0.357 e. The summed E-state index contributed by atoms with van der Waals surface area (Å²) in [5.74, 6) is -0.593. The molecule has 1 aromatic carbocycles. The van der Waals surface area contributed by atoms with Gasteiger partial charge in [-0.25, -0.2) is 4.79 Å². The summed E-state index contributed by atoms with van der Waals surface area (Å²) in [6, 6.07) is 8.44. The molecular formula is C14H16N2O3. The van der Waals surface area contributed by atoms with Crippen LogP contribution in [-0.2, 0) is 6.54 Å². The number of nitrogens with one attached hydrogen (secondary N) is 1. The van der Waals surface area contributed by atoms with Crippen molar-refractivity contribution in [2.24, 2.45) is 0 Å². The molecule has 0 spiro atoms. The molecule has 5 nitrogen and oxygen atoms in total. The number of carboxylic acid groups (broad SMARTS) is 1. The van der Waals surface area contributed by atoms with Crippen LogP contribution in [0.25, 0.3) is 0 Å². The monoisotopic (exact) mass is 260 g/mol. The van der Waals surface area contributed by atoms with E-state index in [4.69, 9.17) is 9.52 Å². The third-order valence-corrected chi connectivity index (χ3v) is 2.81. The highest BCUT2D eigenvalue weighted by atomic mass is 16.4. The molecular weight excluding hydrogens is 244 g/mol. The number of anilines is 1. The number of aromatic carboxylic acids is 1. The van der Waals surface area contributed by atoms with Gasteiger partial charge in [-0.15, -0.1) is 0 Å². The molecule has 0 aliphatic carbocycles. The van der Waals surface area contributed by atoms with Crippen molar-refractivity contribution in [1.82, 2.24) is 4.98 Å². The van der Waals surface area contributed by atoms with Crippen LogP contribution >= 0.6 is 0 Å². The molecule has 2 rings (SSSR count). The molecule has 2 aromatic rings. The van der Waals surface area contributed by atoms with E-state index in [0.29, 0.717) is 12.5 Å². The average Bonchev–Trinajstić information content (AvgIpc) is 2.86. The maximum Gasteiger partial charge on any atom is 0.357 e. The van der Waals surface area contributed by atoms with E-state index in [1.54, 1.807) is 0 Å². The average molecular weight is 260 g/mol. The Kier molecular flexibility index (Phi) is 3.85. The Balaban J connectivity index is 1.96. The molecule has 1 aromatic heterocycles. The summed E-state index contributed by atoms with van der Waals surface area (Å²) in [6.45, 7) is 4.83. The molecule has 0 saturated carbocycles. The fraction of sp³-hybridized carbons (Fsp3) is 0.286. The van der Waals surface area contributed by atoms with Crippen LogP contribution in [0.3, 0.4) is 0 Å². The zero-order chi connectivity index (χ0) is 13.8. The highest BCUT2D eigenvalue weighted by Gasteiger charge is 2.09. The second kappa shape index (κ2) is 5.56. The van der Waals surface area contributed by atoms with Crippen molar-refractivity contribution in [3.05, 3.63) is 47.3 Å². The first-order valence-electron chi connectivity index (χ1n) is 6.08. The lowest BCUT2D eigenvalue weighted by Crippen LogP contribution is -2.01. The van der Waals surface area contributed by atoms with Gasteiger partial charge >= 0.3 is 5.97 Å². The SMILES string of the molecule is CC(C)c1ccc(CNc2nc(C(=O)O)co2)cc1. The highest BCUT2D eigenvalue weighted by molar-refractivity contribution is 5.85. The summed E-state index contributed by atoms with van der Waals surface area (Å²) < 4.78 is 5.01. The Bertz CT molecular complexity index is 558. The number of oxazole rings is 1.